The van der Waals surface area contributed by atoms with Gasteiger partial charge in [-0.3, -0.25) is 4.79 Å². The maximum absolute atomic E-state index is 12.8. The van der Waals surface area contributed by atoms with Crippen molar-refractivity contribution in [1.82, 2.24) is 14.9 Å². The van der Waals surface area contributed by atoms with E-state index in [2.05, 4.69) is 63.3 Å². The number of para-hydroxylation sites is 2. The van der Waals surface area contributed by atoms with Gasteiger partial charge >= 0.3 is 0 Å². The lowest BCUT2D eigenvalue weighted by Gasteiger charge is -2.32. The summed E-state index contributed by atoms with van der Waals surface area (Å²) in [6, 6.07) is 24.4. The molecule has 0 bridgehead atoms. The molecular formula is C29H30Cl2N4O. The first-order valence-corrected chi connectivity index (χ1v) is 13.3. The second-order valence-electron chi connectivity index (χ2n) is 9.33. The first-order valence-electron chi connectivity index (χ1n) is 12.5. The molecule has 0 atom stereocenters. The third-order valence-corrected chi connectivity index (χ3v) is 7.55. The lowest BCUT2D eigenvalue weighted by Crippen LogP contribution is -2.42. The van der Waals surface area contributed by atoms with E-state index in [9.17, 15) is 4.79 Å². The minimum absolute atomic E-state index is 0.0177. The molecule has 5 nitrogen and oxygen atoms in total. The van der Waals surface area contributed by atoms with E-state index < -0.39 is 0 Å². The van der Waals surface area contributed by atoms with Gasteiger partial charge in [-0.1, -0.05) is 71.7 Å². The molecule has 1 amide bonds. The number of fused-ring (bicyclic) bond motifs is 1. The first-order chi connectivity index (χ1) is 17.6. The van der Waals surface area contributed by atoms with Gasteiger partial charge in [-0.05, 0) is 61.1 Å². The fraction of sp³-hybridized carbons (Fsp3) is 0.310. The number of carbonyl (C=O) groups is 1. The maximum Gasteiger partial charge on any atom is 0.223 e. The first kappa shape index (κ1) is 24.7. The highest BCUT2D eigenvalue weighted by atomic mass is 35.5. The average molecular weight is 521 g/mol. The standard InChI is InChI=1S/C29H30Cl2N4O/c30-24-11-10-22(25(31)20-24)12-16-32-28(36)23-14-17-34(18-15-23)29-33-26-8-4-5-9-27(26)35(29)19-13-21-6-2-1-3-7-21/h1-11,20,23H,12-19H2,(H,32,36). The van der Waals surface area contributed by atoms with Crippen molar-refractivity contribution in [3.63, 3.8) is 0 Å². The number of nitrogens with zero attached hydrogens (tertiary/aromatic N) is 3. The number of hydrogen-bond acceptors (Lipinski definition) is 3. The van der Waals surface area contributed by atoms with Crippen LogP contribution in [0.25, 0.3) is 11.0 Å². The molecule has 0 spiro atoms. The van der Waals surface area contributed by atoms with Crippen LogP contribution in [0.4, 0.5) is 5.95 Å². The van der Waals surface area contributed by atoms with Crippen molar-refractivity contribution in [1.29, 1.82) is 0 Å². The van der Waals surface area contributed by atoms with Crippen LogP contribution in [0.1, 0.15) is 24.0 Å². The zero-order valence-corrected chi connectivity index (χ0v) is 21.7. The molecule has 1 fully saturated rings. The van der Waals surface area contributed by atoms with Crippen LogP contribution in [0.3, 0.4) is 0 Å². The van der Waals surface area contributed by atoms with E-state index in [-0.39, 0.29) is 11.8 Å². The van der Waals surface area contributed by atoms with Crippen LogP contribution in [-0.2, 0) is 24.2 Å². The number of halogens is 2. The van der Waals surface area contributed by atoms with Crippen LogP contribution in [0, 0.1) is 5.92 Å². The number of aromatic nitrogens is 2. The lowest BCUT2D eigenvalue weighted by molar-refractivity contribution is -0.125. The average Bonchev–Trinajstić information content (AvgIpc) is 3.28. The third-order valence-electron chi connectivity index (χ3n) is 6.96. The van der Waals surface area contributed by atoms with Gasteiger partial charge in [0.15, 0.2) is 0 Å². The lowest BCUT2D eigenvalue weighted by atomic mass is 9.96. The number of benzene rings is 3. The Hall–Kier alpha value is -3.02. The fourth-order valence-electron chi connectivity index (χ4n) is 4.94. The smallest absolute Gasteiger partial charge is 0.223 e. The number of anilines is 1. The molecule has 0 radical (unpaired) electrons. The second kappa shape index (κ2) is 11.4. The van der Waals surface area contributed by atoms with E-state index in [1.165, 1.54) is 5.56 Å². The Morgan fingerprint density at radius 3 is 2.47 bits per heavy atom. The van der Waals surface area contributed by atoms with Crippen LogP contribution in [0.2, 0.25) is 10.0 Å². The third kappa shape index (κ3) is 5.69. The maximum atomic E-state index is 12.8. The van der Waals surface area contributed by atoms with E-state index in [1.54, 1.807) is 6.07 Å². The quantitative estimate of drug-likeness (QED) is 0.302. The van der Waals surface area contributed by atoms with E-state index in [0.717, 1.165) is 61.4 Å². The van der Waals surface area contributed by atoms with Gasteiger partial charge < -0.3 is 14.8 Å². The van der Waals surface area contributed by atoms with Crippen LogP contribution < -0.4 is 10.2 Å². The normalized spacial score (nSPS) is 14.3. The Morgan fingerprint density at radius 2 is 1.69 bits per heavy atom. The summed E-state index contributed by atoms with van der Waals surface area (Å²) in [5.74, 6) is 1.14. The van der Waals surface area contributed by atoms with Crippen LogP contribution in [0.15, 0.2) is 72.8 Å². The highest BCUT2D eigenvalue weighted by Gasteiger charge is 2.27. The molecule has 2 heterocycles. The summed E-state index contributed by atoms with van der Waals surface area (Å²) < 4.78 is 2.33. The molecule has 4 aromatic rings. The summed E-state index contributed by atoms with van der Waals surface area (Å²) in [6.07, 6.45) is 3.27. The molecule has 0 aliphatic carbocycles. The number of imidazole rings is 1. The van der Waals surface area contributed by atoms with Crippen LogP contribution >= 0.6 is 23.2 Å². The molecule has 186 valence electrons. The zero-order chi connectivity index (χ0) is 24.9. The summed E-state index contributed by atoms with van der Waals surface area (Å²) in [6.45, 7) is 3.06. The van der Waals surface area contributed by atoms with Gasteiger partial charge in [0.25, 0.3) is 0 Å². The molecule has 3 aromatic carbocycles. The van der Waals surface area contributed by atoms with Crippen molar-refractivity contribution in [3.05, 3.63) is 94.0 Å². The van der Waals surface area contributed by atoms with Crippen molar-refractivity contribution in [2.45, 2.75) is 32.2 Å². The summed E-state index contributed by atoms with van der Waals surface area (Å²) in [5.41, 5.74) is 4.48. The van der Waals surface area contributed by atoms with Crippen LogP contribution in [-0.4, -0.2) is 35.1 Å². The minimum atomic E-state index is 0.0177. The molecule has 1 saturated heterocycles. The minimum Gasteiger partial charge on any atom is -0.356 e. The van der Waals surface area contributed by atoms with Gasteiger partial charge in [-0.2, -0.15) is 0 Å². The predicted molar refractivity (Wildman–Crippen MR) is 148 cm³/mol. The SMILES string of the molecule is O=C(NCCc1ccc(Cl)cc1Cl)C1CCN(c2nc3ccccc3n2CCc2ccccc2)CC1. The van der Waals surface area contributed by atoms with E-state index in [4.69, 9.17) is 28.2 Å². The van der Waals surface area contributed by atoms with Gasteiger partial charge in [0.2, 0.25) is 11.9 Å². The Labute approximate surface area is 222 Å². The molecule has 1 N–H and O–H groups in total. The van der Waals surface area contributed by atoms with Gasteiger partial charge in [0, 0.05) is 42.1 Å². The number of carbonyl (C=O) groups excluding carboxylic acids is 1. The van der Waals surface area contributed by atoms with Crippen molar-refractivity contribution in [2.75, 3.05) is 24.5 Å². The highest BCUT2D eigenvalue weighted by Crippen LogP contribution is 2.28. The van der Waals surface area contributed by atoms with E-state index in [1.807, 2.05) is 18.2 Å². The largest absolute Gasteiger partial charge is 0.356 e. The highest BCUT2D eigenvalue weighted by molar-refractivity contribution is 6.35. The number of rotatable bonds is 8. The Bertz CT molecular complexity index is 1330. The van der Waals surface area contributed by atoms with Gasteiger partial charge in [-0.25, -0.2) is 4.98 Å². The summed E-state index contributed by atoms with van der Waals surface area (Å²) in [4.78, 5) is 20.2. The molecule has 1 aromatic heterocycles. The predicted octanol–water partition coefficient (Wildman–Crippen LogP) is 6.16. The molecule has 0 unspecified atom stereocenters. The van der Waals surface area contributed by atoms with Crippen molar-refractivity contribution >= 4 is 46.1 Å². The Morgan fingerprint density at radius 1 is 0.944 bits per heavy atom. The molecule has 1 aliphatic rings. The van der Waals surface area contributed by atoms with Gasteiger partial charge in [0.1, 0.15) is 0 Å². The molecule has 1 aliphatic heterocycles. The monoisotopic (exact) mass is 520 g/mol. The summed E-state index contributed by atoms with van der Waals surface area (Å²) in [7, 11) is 0. The number of amides is 1. The molecule has 5 rings (SSSR count). The number of nitrogens with one attached hydrogen (secondary N) is 1. The number of hydrogen-bond donors (Lipinski definition) is 1. The number of piperidine rings is 1. The zero-order valence-electron chi connectivity index (χ0n) is 20.2. The molecular weight excluding hydrogens is 491 g/mol. The van der Waals surface area contributed by atoms with E-state index in [0.29, 0.717) is 23.0 Å². The summed E-state index contributed by atoms with van der Waals surface area (Å²) in [5, 5.41) is 4.36. The topological polar surface area (TPSA) is 50.2 Å². The Balaban J connectivity index is 1.20. The Kier molecular flexibility index (Phi) is 7.78. The van der Waals surface area contributed by atoms with Crippen molar-refractivity contribution < 1.29 is 4.79 Å². The van der Waals surface area contributed by atoms with Gasteiger partial charge in [0.05, 0.1) is 11.0 Å². The molecule has 0 saturated carbocycles. The second-order valence-corrected chi connectivity index (χ2v) is 10.2. The summed E-state index contributed by atoms with van der Waals surface area (Å²) >= 11 is 12.2. The fourth-order valence-corrected chi connectivity index (χ4v) is 5.44. The van der Waals surface area contributed by atoms with Gasteiger partial charge in [-0.15, -0.1) is 0 Å². The van der Waals surface area contributed by atoms with Crippen LogP contribution in [0.5, 0.6) is 0 Å². The van der Waals surface area contributed by atoms with Crippen molar-refractivity contribution in [3.8, 4) is 0 Å². The van der Waals surface area contributed by atoms with E-state index >= 15 is 0 Å². The molecule has 7 heteroatoms. The number of aryl methyl sites for hydroxylation is 2. The molecule has 36 heavy (non-hydrogen) atoms. The van der Waals surface area contributed by atoms with Crippen molar-refractivity contribution in [2.24, 2.45) is 5.92 Å².